The summed E-state index contributed by atoms with van der Waals surface area (Å²) in [6, 6.07) is 9.42. The highest BCUT2D eigenvalue weighted by Gasteiger charge is 2.40. The van der Waals surface area contributed by atoms with Crippen molar-refractivity contribution in [3.8, 4) is 5.75 Å². The topological polar surface area (TPSA) is 26.3 Å². The normalized spacial score (nSPS) is 31.2. The highest BCUT2D eigenvalue weighted by Crippen LogP contribution is 2.45. The molecule has 2 bridgehead atoms. The zero-order valence-corrected chi connectivity index (χ0v) is 9.97. The van der Waals surface area contributed by atoms with Crippen LogP contribution < -0.4 is 4.74 Å². The first-order chi connectivity index (χ1) is 8.33. The second kappa shape index (κ2) is 4.52. The van der Waals surface area contributed by atoms with E-state index in [1.807, 2.05) is 30.3 Å². The Morgan fingerprint density at radius 3 is 2.35 bits per heavy atom. The van der Waals surface area contributed by atoms with Crippen molar-refractivity contribution in [3.63, 3.8) is 0 Å². The molecule has 0 amide bonds. The fraction of sp³-hybridized carbons (Fsp3) is 0.533. The summed E-state index contributed by atoms with van der Waals surface area (Å²) in [6.45, 7) is 0. The van der Waals surface area contributed by atoms with E-state index >= 15 is 0 Å². The summed E-state index contributed by atoms with van der Waals surface area (Å²) in [5.74, 6) is 2.18. The molecule has 0 spiro atoms. The van der Waals surface area contributed by atoms with Crippen LogP contribution in [-0.2, 0) is 4.79 Å². The lowest BCUT2D eigenvalue weighted by molar-refractivity contribution is -0.144. The van der Waals surface area contributed by atoms with Crippen LogP contribution in [0, 0.1) is 17.8 Å². The lowest BCUT2D eigenvalue weighted by atomic mass is 9.65. The van der Waals surface area contributed by atoms with Gasteiger partial charge in [-0.15, -0.1) is 0 Å². The SMILES string of the molecule is O=C(Oc1ccccc1)C1CC2CCC1CC2. The molecule has 0 heterocycles. The summed E-state index contributed by atoms with van der Waals surface area (Å²) in [7, 11) is 0. The Bertz CT molecular complexity index is 391. The maximum atomic E-state index is 12.1. The molecular formula is C15H18O2. The van der Waals surface area contributed by atoms with E-state index in [-0.39, 0.29) is 11.9 Å². The molecule has 1 unspecified atom stereocenters. The van der Waals surface area contributed by atoms with Crippen molar-refractivity contribution in [1.82, 2.24) is 0 Å². The molecule has 0 radical (unpaired) electrons. The Kier molecular flexibility index (Phi) is 2.87. The lowest BCUT2D eigenvalue weighted by Gasteiger charge is -2.40. The summed E-state index contributed by atoms with van der Waals surface area (Å²) in [4.78, 5) is 12.1. The maximum Gasteiger partial charge on any atom is 0.314 e. The lowest BCUT2D eigenvalue weighted by Crippen LogP contribution is -2.37. The van der Waals surface area contributed by atoms with Crippen LogP contribution in [0.2, 0.25) is 0 Å². The molecule has 1 atom stereocenters. The van der Waals surface area contributed by atoms with Crippen LogP contribution >= 0.6 is 0 Å². The van der Waals surface area contributed by atoms with Crippen LogP contribution in [0.25, 0.3) is 0 Å². The average Bonchev–Trinajstić information content (AvgIpc) is 2.41. The van der Waals surface area contributed by atoms with Crippen LogP contribution in [0.5, 0.6) is 5.75 Å². The number of carbonyl (C=O) groups is 1. The molecule has 0 aliphatic heterocycles. The van der Waals surface area contributed by atoms with Gasteiger partial charge in [-0.2, -0.15) is 0 Å². The molecule has 0 saturated heterocycles. The predicted octanol–water partition coefficient (Wildman–Crippen LogP) is 3.42. The highest BCUT2D eigenvalue weighted by atomic mass is 16.5. The fourth-order valence-electron chi connectivity index (χ4n) is 3.35. The number of hydrogen-bond acceptors (Lipinski definition) is 2. The maximum absolute atomic E-state index is 12.1. The second-order valence-corrected chi connectivity index (χ2v) is 5.36. The number of fused-ring (bicyclic) bond motifs is 3. The minimum Gasteiger partial charge on any atom is -0.426 e. The average molecular weight is 230 g/mol. The zero-order chi connectivity index (χ0) is 11.7. The molecule has 2 heteroatoms. The largest absolute Gasteiger partial charge is 0.426 e. The Balaban J connectivity index is 1.67. The number of ether oxygens (including phenoxy) is 1. The third-order valence-corrected chi connectivity index (χ3v) is 4.31. The standard InChI is InChI=1S/C15H18O2/c16-15(17-13-4-2-1-3-5-13)14-10-11-6-8-12(14)9-7-11/h1-5,11-12,14H,6-10H2. The summed E-state index contributed by atoms with van der Waals surface area (Å²) in [5, 5.41) is 0. The van der Waals surface area contributed by atoms with Crippen molar-refractivity contribution in [2.45, 2.75) is 32.1 Å². The van der Waals surface area contributed by atoms with Gasteiger partial charge in [-0.3, -0.25) is 4.79 Å². The van der Waals surface area contributed by atoms with Gasteiger partial charge in [-0.1, -0.05) is 31.0 Å². The van der Waals surface area contributed by atoms with Crippen LogP contribution in [0.4, 0.5) is 0 Å². The van der Waals surface area contributed by atoms with Crippen LogP contribution in [-0.4, -0.2) is 5.97 Å². The first-order valence-corrected chi connectivity index (χ1v) is 6.59. The Hall–Kier alpha value is -1.31. The van der Waals surface area contributed by atoms with E-state index in [0.717, 1.165) is 12.3 Å². The number of hydrogen-bond donors (Lipinski definition) is 0. The van der Waals surface area contributed by atoms with Gasteiger partial charge in [0.2, 0.25) is 0 Å². The van der Waals surface area contributed by atoms with E-state index in [0.29, 0.717) is 11.7 Å². The molecule has 3 aliphatic rings. The van der Waals surface area contributed by atoms with E-state index < -0.39 is 0 Å². The van der Waals surface area contributed by atoms with Gasteiger partial charge in [0.25, 0.3) is 0 Å². The van der Waals surface area contributed by atoms with E-state index in [9.17, 15) is 4.79 Å². The molecule has 0 aromatic heterocycles. The van der Waals surface area contributed by atoms with Gasteiger partial charge in [0.1, 0.15) is 5.75 Å². The number of carbonyl (C=O) groups excluding carboxylic acids is 1. The molecule has 3 fully saturated rings. The van der Waals surface area contributed by atoms with Crippen molar-refractivity contribution in [2.75, 3.05) is 0 Å². The van der Waals surface area contributed by atoms with Crippen LogP contribution in [0.3, 0.4) is 0 Å². The first-order valence-electron chi connectivity index (χ1n) is 6.59. The molecule has 3 aliphatic carbocycles. The monoisotopic (exact) mass is 230 g/mol. The minimum atomic E-state index is -0.00870. The van der Waals surface area contributed by atoms with Crippen molar-refractivity contribution < 1.29 is 9.53 Å². The van der Waals surface area contributed by atoms with Gasteiger partial charge in [0, 0.05) is 0 Å². The number of benzene rings is 1. The zero-order valence-electron chi connectivity index (χ0n) is 9.97. The molecule has 90 valence electrons. The smallest absolute Gasteiger partial charge is 0.314 e. The predicted molar refractivity (Wildman–Crippen MR) is 65.6 cm³/mol. The quantitative estimate of drug-likeness (QED) is 0.575. The van der Waals surface area contributed by atoms with Crippen LogP contribution in [0.15, 0.2) is 30.3 Å². The molecule has 0 N–H and O–H groups in total. The second-order valence-electron chi connectivity index (χ2n) is 5.36. The Morgan fingerprint density at radius 1 is 1.06 bits per heavy atom. The van der Waals surface area contributed by atoms with Gasteiger partial charge in [-0.25, -0.2) is 0 Å². The third kappa shape index (κ3) is 2.21. The molecule has 17 heavy (non-hydrogen) atoms. The third-order valence-electron chi connectivity index (χ3n) is 4.31. The summed E-state index contributed by atoms with van der Waals surface area (Å²) in [5.41, 5.74) is 0. The minimum absolute atomic E-state index is 0.00870. The molecule has 4 rings (SSSR count). The fourth-order valence-corrected chi connectivity index (χ4v) is 3.35. The number of rotatable bonds is 2. The van der Waals surface area contributed by atoms with Crippen molar-refractivity contribution in [2.24, 2.45) is 17.8 Å². The van der Waals surface area contributed by atoms with E-state index in [1.54, 1.807) is 0 Å². The molecule has 3 saturated carbocycles. The van der Waals surface area contributed by atoms with Gasteiger partial charge in [0.05, 0.1) is 5.92 Å². The summed E-state index contributed by atoms with van der Waals surface area (Å²) >= 11 is 0. The van der Waals surface area contributed by atoms with E-state index in [2.05, 4.69) is 0 Å². The van der Waals surface area contributed by atoms with Crippen LogP contribution in [0.1, 0.15) is 32.1 Å². The molecule has 1 aromatic carbocycles. The number of esters is 1. The van der Waals surface area contributed by atoms with Gasteiger partial charge < -0.3 is 4.74 Å². The first kappa shape index (κ1) is 10.8. The molecule has 2 nitrogen and oxygen atoms in total. The summed E-state index contributed by atoms with van der Waals surface area (Å²) in [6.07, 6.45) is 6.13. The van der Waals surface area contributed by atoms with Gasteiger partial charge >= 0.3 is 5.97 Å². The number of para-hydroxylation sites is 1. The van der Waals surface area contributed by atoms with Gasteiger partial charge in [-0.05, 0) is 43.2 Å². The van der Waals surface area contributed by atoms with E-state index in [4.69, 9.17) is 4.74 Å². The Labute approximate surface area is 102 Å². The summed E-state index contributed by atoms with van der Waals surface area (Å²) < 4.78 is 5.47. The van der Waals surface area contributed by atoms with Crippen molar-refractivity contribution in [3.05, 3.63) is 30.3 Å². The van der Waals surface area contributed by atoms with Gasteiger partial charge in [0.15, 0.2) is 0 Å². The van der Waals surface area contributed by atoms with E-state index in [1.165, 1.54) is 25.7 Å². The molecule has 1 aromatic rings. The Morgan fingerprint density at radius 2 is 1.76 bits per heavy atom. The van der Waals surface area contributed by atoms with Crippen molar-refractivity contribution in [1.29, 1.82) is 0 Å². The van der Waals surface area contributed by atoms with Crippen molar-refractivity contribution >= 4 is 5.97 Å². The molecular weight excluding hydrogens is 212 g/mol. The highest BCUT2D eigenvalue weighted by molar-refractivity contribution is 5.75.